The second-order valence-corrected chi connectivity index (χ2v) is 8.77. The molecule has 2 aromatic heterocycles. The number of hydrogen-bond acceptors (Lipinski definition) is 5. The molecule has 1 N–H and O–H groups in total. The van der Waals surface area contributed by atoms with Gasteiger partial charge >= 0.3 is 0 Å². The van der Waals surface area contributed by atoms with Gasteiger partial charge in [0.15, 0.2) is 0 Å². The van der Waals surface area contributed by atoms with E-state index in [1.807, 2.05) is 0 Å². The van der Waals surface area contributed by atoms with E-state index in [4.69, 9.17) is 0 Å². The third kappa shape index (κ3) is 4.18. The highest BCUT2D eigenvalue weighted by molar-refractivity contribution is 5.94. The van der Waals surface area contributed by atoms with Crippen LogP contribution >= 0.6 is 0 Å². The lowest BCUT2D eigenvalue weighted by atomic mass is 10.1. The molecule has 0 aliphatic carbocycles. The number of carbonyl (C=O) groups is 1. The van der Waals surface area contributed by atoms with Crippen molar-refractivity contribution in [2.24, 2.45) is 0 Å². The SMILES string of the molecule is CN(C)C1CN(C(=O)c2ccc(-n3cc(-c4cc5cc(F)ccc5[nH]c4=O)nn3)cc2)CC1(F)F. The molecule has 1 amide bonds. The molecule has 1 saturated heterocycles. The zero-order valence-electron chi connectivity index (χ0n) is 18.9. The molecule has 0 saturated carbocycles. The highest BCUT2D eigenvalue weighted by Gasteiger charge is 2.50. The van der Waals surface area contributed by atoms with E-state index in [0.29, 0.717) is 16.6 Å². The zero-order chi connectivity index (χ0) is 24.9. The first-order chi connectivity index (χ1) is 16.6. The van der Waals surface area contributed by atoms with Crippen LogP contribution in [0.5, 0.6) is 0 Å². The molecule has 1 fully saturated rings. The van der Waals surface area contributed by atoms with E-state index in [-0.39, 0.29) is 23.4 Å². The monoisotopic (exact) mass is 482 g/mol. The molecule has 1 unspecified atom stereocenters. The number of alkyl halides is 2. The molecule has 0 spiro atoms. The van der Waals surface area contributed by atoms with Crippen LogP contribution in [0.4, 0.5) is 13.2 Å². The molecular weight excluding hydrogens is 461 g/mol. The fourth-order valence-corrected chi connectivity index (χ4v) is 4.28. The van der Waals surface area contributed by atoms with Crippen molar-refractivity contribution in [2.75, 3.05) is 27.2 Å². The van der Waals surface area contributed by atoms with E-state index in [1.54, 1.807) is 32.3 Å². The Balaban J connectivity index is 1.37. The molecule has 35 heavy (non-hydrogen) atoms. The van der Waals surface area contributed by atoms with Crippen LogP contribution in [0.15, 0.2) is 59.5 Å². The number of rotatable bonds is 4. The maximum absolute atomic E-state index is 14.3. The van der Waals surface area contributed by atoms with Crippen molar-refractivity contribution < 1.29 is 18.0 Å². The Labute approximate surface area is 197 Å². The van der Waals surface area contributed by atoms with Crippen molar-refractivity contribution in [3.8, 4) is 16.9 Å². The van der Waals surface area contributed by atoms with Crippen molar-refractivity contribution in [2.45, 2.75) is 12.0 Å². The summed E-state index contributed by atoms with van der Waals surface area (Å²) in [6.45, 7) is -0.690. The van der Waals surface area contributed by atoms with Crippen LogP contribution in [0.25, 0.3) is 27.8 Å². The van der Waals surface area contributed by atoms with Crippen LogP contribution in [0.1, 0.15) is 10.4 Å². The normalized spacial score (nSPS) is 17.4. The largest absolute Gasteiger partial charge is 0.331 e. The van der Waals surface area contributed by atoms with Gasteiger partial charge in [-0.2, -0.15) is 0 Å². The Kier molecular flexibility index (Phi) is 5.43. The van der Waals surface area contributed by atoms with E-state index < -0.39 is 35.8 Å². The first kappa shape index (κ1) is 22.8. The molecular formula is C24H21F3N6O2. The topological polar surface area (TPSA) is 87.1 Å². The molecule has 11 heteroatoms. The summed E-state index contributed by atoms with van der Waals surface area (Å²) in [5.74, 6) is -3.89. The number of likely N-dealkylation sites (tertiary alicyclic amines) is 1. The van der Waals surface area contributed by atoms with Gasteiger partial charge in [-0.05, 0) is 62.6 Å². The van der Waals surface area contributed by atoms with Gasteiger partial charge in [-0.3, -0.25) is 14.5 Å². The van der Waals surface area contributed by atoms with Gasteiger partial charge in [0.1, 0.15) is 11.5 Å². The van der Waals surface area contributed by atoms with Gasteiger partial charge in [0.05, 0.1) is 30.0 Å². The molecule has 5 rings (SSSR count). The number of fused-ring (bicyclic) bond motifs is 1. The zero-order valence-corrected chi connectivity index (χ0v) is 18.9. The van der Waals surface area contributed by atoms with Gasteiger partial charge in [0.2, 0.25) is 0 Å². The number of likely N-dealkylation sites (N-methyl/N-ethyl adjacent to an activating group) is 1. The minimum Gasteiger partial charge on any atom is -0.331 e. The highest BCUT2D eigenvalue weighted by Crippen LogP contribution is 2.31. The van der Waals surface area contributed by atoms with Crippen molar-refractivity contribution in [3.63, 3.8) is 0 Å². The first-order valence-electron chi connectivity index (χ1n) is 10.8. The second-order valence-electron chi connectivity index (χ2n) is 8.77. The summed E-state index contributed by atoms with van der Waals surface area (Å²) in [6.07, 6.45) is 1.54. The predicted molar refractivity (Wildman–Crippen MR) is 123 cm³/mol. The van der Waals surface area contributed by atoms with Crippen molar-refractivity contribution in [1.82, 2.24) is 29.8 Å². The minimum atomic E-state index is -2.98. The first-order valence-corrected chi connectivity index (χ1v) is 10.8. The van der Waals surface area contributed by atoms with Crippen molar-refractivity contribution in [3.05, 3.63) is 76.5 Å². The smallest absolute Gasteiger partial charge is 0.282 e. The number of hydrogen-bond donors (Lipinski definition) is 1. The van der Waals surface area contributed by atoms with Gasteiger partial charge in [-0.25, -0.2) is 17.9 Å². The fraction of sp³-hybridized carbons (Fsp3) is 0.250. The van der Waals surface area contributed by atoms with Crippen molar-refractivity contribution >= 4 is 16.8 Å². The quantitative estimate of drug-likeness (QED) is 0.484. The lowest BCUT2D eigenvalue weighted by Crippen LogP contribution is -2.42. The average Bonchev–Trinajstić information content (AvgIpc) is 3.43. The van der Waals surface area contributed by atoms with E-state index in [1.165, 1.54) is 46.1 Å². The molecule has 2 aromatic carbocycles. The molecule has 1 atom stereocenters. The molecule has 0 radical (unpaired) electrons. The van der Waals surface area contributed by atoms with Gasteiger partial charge in [-0.1, -0.05) is 5.21 Å². The lowest BCUT2D eigenvalue weighted by molar-refractivity contribution is -0.0374. The third-order valence-corrected chi connectivity index (χ3v) is 6.15. The van der Waals surface area contributed by atoms with Crippen molar-refractivity contribution in [1.29, 1.82) is 0 Å². The van der Waals surface area contributed by atoms with Crippen LogP contribution in [0.2, 0.25) is 0 Å². The number of halogens is 3. The van der Waals surface area contributed by atoms with Crippen LogP contribution in [0, 0.1) is 5.82 Å². The molecule has 1 aliphatic heterocycles. The van der Waals surface area contributed by atoms with Gasteiger partial charge < -0.3 is 9.88 Å². The Hall–Kier alpha value is -3.99. The number of amides is 1. The number of pyridine rings is 1. The van der Waals surface area contributed by atoms with Crippen LogP contribution in [-0.4, -0.2) is 74.8 Å². The number of nitrogens with zero attached hydrogens (tertiary/aromatic N) is 5. The van der Waals surface area contributed by atoms with Crippen LogP contribution in [0.3, 0.4) is 0 Å². The average molecular weight is 482 g/mol. The molecule has 0 bridgehead atoms. The molecule has 1 aliphatic rings. The highest BCUT2D eigenvalue weighted by atomic mass is 19.3. The predicted octanol–water partition coefficient (Wildman–Crippen LogP) is 2.94. The van der Waals surface area contributed by atoms with E-state index in [2.05, 4.69) is 15.3 Å². The van der Waals surface area contributed by atoms with E-state index in [9.17, 15) is 22.8 Å². The van der Waals surface area contributed by atoms with Gasteiger partial charge in [0, 0.05) is 23.0 Å². The van der Waals surface area contributed by atoms with Gasteiger partial charge in [0.25, 0.3) is 17.4 Å². The fourth-order valence-electron chi connectivity index (χ4n) is 4.28. The third-order valence-electron chi connectivity index (χ3n) is 6.15. The summed E-state index contributed by atoms with van der Waals surface area (Å²) in [6, 6.07) is 10.9. The summed E-state index contributed by atoms with van der Waals surface area (Å²) < 4.78 is 43.5. The number of nitrogens with one attached hydrogen (secondary N) is 1. The molecule has 8 nitrogen and oxygen atoms in total. The van der Waals surface area contributed by atoms with Gasteiger partial charge in [-0.15, -0.1) is 5.10 Å². The Morgan fingerprint density at radius 1 is 1.14 bits per heavy atom. The summed E-state index contributed by atoms with van der Waals surface area (Å²) >= 11 is 0. The Morgan fingerprint density at radius 2 is 1.89 bits per heavy atom. The number of benzene rings is 2. The summed E-state index contributed by atoms with van der Waals surface area (Å²) in [4.78, 5) is 30.6. The second kappa shape index (κ2) is 8.35. The number of carbonyl (C=O) groups excluding carboxylic acids is 1. The summed E-state index contributed by atoms with van der Waals surface area (Å²) in [5, 5.41) is 8.61. The number of aromatic amines is 1. The molecule has 4 aromatic rings. The maximum Gasteiger partial charge on any atom is 0.282 e. The number of H-pyrrole nitrogens is 1. The lowest BCUT2D eigenvalue weighted by Gasteiger charge is -2.23. The molecule has 180 valence electrons. The summed E-state index contributed by atoms with van der Waals surface area (Å²) in [5.41, 5.74) is 1.45. The Morgan fingerprint density at radius 3 is 2.57 bits per heavy atom. The van der Waals surface area contributed by atoms with E-state index in [0.717, 1.165) is 4.90 Å². The minimum absolute atomic E-state index is 0.0583. The maximum atomic E-state index is 14.3. The number of aromatic nitrogens is 4. The molecule has 3 heterocycles. The Bertz CT molecular complexity index is 1480. The van der Waals surface area contributed by atoms with E-state index >= 15 is 0 Å². The van der Waals surface area contributed by atoms with Crippen LogP contribution < -0.4 is 5.56 Å². The van der Waals surface area contributed by atoms with Crippen LogP contribution in [-0.2, 0) is 0 Å². The standard InChI is InChI=1S/C24H21F3N6O2/c1-31(2)21-12-32(13-24(21,26)27)23(35)14-3-6-17(7-4-14)33-11-20(29-30-33)18-10-15-9-16(25)5-8-19(15)28-22(18)34/h3-11,21H,12-13H2,1-2H3,(H,28,34). The summed E-state index contributed by atoms with van der Waals surface area (Å²) in [7, 11) is 3.13.